The molecule has 0 fully saturated rings. The fraction of sp³-hybridized carbons (Fsp3) is 0.407. The first kappa shape index (κ1) is 23.1. The first-order chi connectivity index (χ1) is 15.8. The molecule has 0 radical (unpaired) electrons. The second kappa shape index (κ2) is 9.40. The van der Waals surface area contributed by atoms with E-state index < -0.39 is 0 Å². The number of amides is 1. The Kier molecular flexibility index (Phi) is 6.56. The minimum absolute atomic E-state index is 0.105. The summed E-state index contributed by atoms with van der Waals surface area (Å²) < 4.78 is 5.07. The van der Waals surface area contributed by atoms with Crippen molar-refractivity contribution in [2.45, 2.75) is 39.7 Å². The van der Waals surface area contributed by atoms with Crippen LogP contribution in [-0.2, 0) is 14.3 Å². The number of methoxy groups -OCH3 is 1. The van der Waals surface area contributed by atoms with Gasteiger partial charge in [0, 0.05) is 31.3 Å². The van der Waals surface area contributed by atoms with E-state index in [0.29, 0.717) is 19.6 Å². The van der Waals surface area contributed by atoms with Crippen molar-refractivity contribution in [3.05, 3.63) is 70.9 Å². The highest BCUT2D eigenvalue weighted by molar-refractivity contribution is 6.01. The molecule has 33 heavy (non-hydrogen) atoms. The van der Waals surface area contributed by atoms with E-state index in [-0.39, 0.29) is 29.7 Å². The van der Waals surface area contributed by atoms with Crippen molar-refractivity contribution in [3.63, 3.8) is 0 Å². The number of fused-ring (bicyclic) bond motifs is 1. The van der Waals surface area contributed by atoms with Gasteiger partial charge in [-0.2, -0.15) is 0 Å². The number of para-hydroxylation sites is 2. The molecule has 1 aliphatic heterocycles. The molecule has 174 valence electrons. The number of Topliss-reactive ketones (excluding diaryl/α,β-unsaturated/α-hetero) is 1. The zero-order valence-corrected chi connectivity index (χ0v) is 19.9. The van der Waals surface area contributed by atoms with Crippen molar-refractivity contribution in [3.8, 4) is 0 Å². The van der Waals surface area contributed by atoms with Crippen molar-refractivity contribution >= 4 is 23.1 Å². The number of carbonyl (C=O) groups excluding carboxylic acids is 2. The molecular formula is C27H33N3O3. The summed E-state index contributed by atoms with van der Waals surface area (Å²) in [7, 11) is 1.61. The van der Waals surface area contributed by atoms with Gasteiger partial charge in [-0.3, -0.25) is 9.59 Å². The smallest absolute Gasteiger partial charge is 0.239 e. The lowest BCUT2D eigenvalue weighted by atomic mass is 9.73. The van der Waals surface area contributed by atoms with Crippen LogP contribution in [0, 0.1) is 12.3 Å². The Morgan fingerprint density at radius 2 is 1.88 bits per heavy atom. The topological polar surface area (TPSA) is 70.7 Å². The number of ether oxygens (including phenoxy) is 1. The Balaban J connectivity index is 1.85. The Morgan fingerprint density at radius 1 is 1.15 bits per heavy atom. The zero-order chi connectivity index (χ0) is 23.6. The quantitative estimate of drug-likeness (QED) is 0.644. The molecule has 2 aliphatic rings. The second-order valence-electron chi connectivity index (χ2n) is 9.76. The molecule has 1 atom stereocenters. The lowest BCUT2D eigenvalue weighted by Crippen LogP contribution is -2.42. The van der Waals surface area contributed by atoms with Gasteiger partial charge in [0.25, 0.3) is 0 Å². The Bertz CT molecular complexity index is 1070. The minimum Gasteiger partial charge on any atom is -0.383 e. The third-order valence-electron chi connectivity index (χ3n) is 6.34. The summed E-state index contributed by atoms with van der Waals surface area (Å²) in [5.41, 5.74) is 5.57. The molecule has 0 spiro atoms. The van der Waals surface area contributed by atoms with E-state index in [9.17, 15) is 9.59 Å². The number of ketones is 1. The van der Waals surface area contributed by atoms with Crippen LogP contribution in [0.3, 0.4) is 0 Å². The first-order valence-corrected chi connectivity index (χ1v) is 11.5. The molecule has 2 aromatic carbocycles. The largest absolute Gasteiger partial charge is 0.383 e. The Labute approximate surface area is 196 Å². The van der Waals surface area contributed by atoms with Crippen molar-refractivity contribution in [1.29, 1.82) is 0 Å². The van der Waals surface area contributed by atoms with E-state index in [1.807, 2.05) is 31.2 Å². The lowest BCUT2D eigenvalue weighted by Gasteiger charge is -2.38. The molecule has 1 heterocycles. The van der Waals surface area contributed by atoms with Crippen molar-refractivity contribution in [2.24, 2.45) is 5.41 Å². The average Bonchev–Trinajstić information content (AvgIpc) is 2.88. The van der Waals surface area contributed by atoms with Crippen LogP contribution in [0.2, 0.25) is 0 Å². The number of nitrogens with zero attached hydrogens (tertiary/aromatic N) is 1. The fourth-order valence-electron chi connectivity index (χ4n) is 4.83. The first-order valence-electron chi connectivity index (χ1n) is 11.5. The molecule has 2 N–H and O–H groups in total. The number of carbonyl (C=O) groups is 2. The van der Waals surface area contributed by atoms with Crippen LogP contribution in [0.5, 0.6) is 0 Å². The molecule has 0 saturated heterocycles. The third kappa shape index (κ3) is 4.96. The molecule has 0 aromatic heterocycles. The molecule has 0 bridgehead atoms. The summed E-state index contributed by atoms with van der Waals surface area (Å²) in [6.07, 6.45) is 1.26. The zero-order valence-electron chi connectivity index (χ0n) is 19.9. The van der Waals surface area contributed by atoms with E-state index >= 15 is 0 Å². The molecule has 6 heteroatoms. The van der Waals surface area contributed by atoms with Gasteiger partial charge in [0.2, 0.25) is 5.91 Å². The van der Waals surface area contributed by atoms with Crippen molar-refractivity contribution in [1.82, 2.24) is 5.32 Å². The summed E-state index contributed by atoms with van der Waals surface area (Å²) in [6.45, 7) is 7.35. The predicted octanol–water partition coefficient (Wildman–Crippen LogP) is 4.37. The molecule has 2 aromatic rings. The van der Waals surface area contributed by atoms with Crippen LogP contribution in [0.4, 0.5) is 11.4 Å². The Hall–Kier alpha value is -3.12. The Morgan fingerprint density at radius 3 is 2.61 bits per heavy atom. The monoisotopic (exact) mass is 447 g/mol. The molecule has 4 rings (SSSR count). The van der Waals surface area contributed by atoms with Gasteiger partial charge in [-0.1, -0.05) is 55.8 Å². The minimum atomic E-state index is -0.353. The number of hydrogen-bond donors (Lipinski definition) is 2. The normalized spacial score (nSPS) is 19.3. The van der Waals surface area contributed by atoms with E-state index in [1.54, 1.807) is 7.11 Å². The van der Waals surface area contributed by atoms with E-state index in [0.717, 1.165) is 40.2 Å². The highest BCUT2D eigenvalue weighted by Crippen LogP contribution is 2.48. The average molecular weight is 448 g/mol. The predicted molar refractivity (Wildman–Crippen MR) is 131 cm³/mol. The number of rotatable bonds is 6. The number of aryl methyl sites for hydroxylation is 1. The number of benzene rings is 2. The van der Waals surface area contributed by atoms with E-state index in [4.69, 9.17) is 4.74 Å². The number of hydrogen-bond acceptors (Lipinski definition) is 5. The van der Waals surface area contributed by atoms with Gasteiger partial charge in [0.15, 0.2) is 5.78 Å². The van der Waals surface area contributed by atoms with Crippen molar-refractivity contribution in [2.75, 3.05) is 37.0 Å². The SMILES string of the molecule is COCCNC(=O)CN1c2ccccc2NC2=C(C(=O)CC(C)(C)C2)[C@@H]1c1ccc(C)cc1. The van der Waals surface area contributed by atoms with Gasteiger partial charge >= 0.3 is 0 Å². The molecule has 0 unspecified atom stereocenters. The molecular weight excluding hydrogens is 414 g/mol. The summed E-state index contributed by atoms with van der Waals surface area (Å²) >= 11 is 0. The maximum atomic E-state index is 13.6. The standard InChI is InChI=1S/C27H33N3O3/c1-18-9-11-19(12-10-18)26-25-21(15-27(2,3)16-23(25)31)29-20-7-5-6-8-22(20)30(26)17-24(32)28-13-14-33-4/h5-12,26,29H,13-17H2,1-4H3,(H,28,32)/t26-/m0/s1. The summed E-state index contributed by atoms with van der Waals surface area (Å²) in [4.78, 5) is 28.6. The van der Waals surface area contributed by atoms with Gasteiger partial charge in [0.05, 0.1) is 30.6 Å². The van der Waals surface area contributed by atoms with Crippen LogP contribution < -0.4 is 15.5 Å². The third-order valence-corrected chi connectivity index (χ3v) is 6.34. The fourth-order valence-corrected chi connectivity index (χ4v) is 4.83. The second-order valence-corrected chi connectivity index (χ2v) is 9.76. The molecule has 0 saturated carbocycles. The van der Waals surface area contributed by atoms with Gasteiger partial charge in [-0.25, -0.2) is 0 Å². The van der Waals surface area contributed by atoms with Gasteiger partial charge in [-0.05, 0) is 36.5 Å². The van der Waals surface area contributed by atoms with Gasteiger partial charge < -0.3 is 20.3 Å². The lowest BCUT2D eigenvalue weighted by molar-refractivity contribution is -0.121. The molecule has 6 nitrogen and oxygen atoms in total. The van der Waals surface area contributed by atoms with Gasteiger partial charge in [0.1, 0.15) is 0 Å². The number of anilines is 2. The van der Waals surface area contributed by atoms with Crippen molar-refractivity contribution < 1.29 is 14.3 Å². The van der Waals surface area contributed by atoms with E-state index in [1.165, 1.54) is 0 Å². The van der Waals surface area contributed by atoms with Crippen LogP contribution in [0.25, 0.3) is 0 Å². The van der Waals surface area contributed by atoms with Crippen LogP contribution >= 0.6 is 0 Å². The van der Waals surface area contributed by atoms with Gasteiger partial charge in [-0.15, -0.1) is 0 Å². The van der Waals surface area contributed by atoms with E-state index in [2.05, 4.69) is 53.6 Å². The molecule has 1 aliphatic carbocycles. The highest BCUT2D eigenvalue weighted by atomic mass is 16.5. The van der Waals surface area contributed by atoms with Crippen LogP contribution in [-0.4, -0.2) is 38.5 Å². The van der Waals surface area contributed by atoms with Crippen LogP contribution in [0.15, 0.2) is 59.8 Å². The van der Waals surface area contributed by atoms with Crippen LogP contribution in [0.1, 0.15) is 43.9 Å². The number of nitrogens with one attached hydrogen (secondary N) is 2. The summed E-state index contributed by atoms with van der Waals surface area (Å²) in [5.74, 6) is 0.0310. The summed E-state index contributed by atoms with van der Waals surface area (Å²) in [6, 6.07) is 15.9. The molecule has 1 amide bonds. The highest BCUT2D eigenvalue weighted by Gasteiger charge is 2.41. The summed E-state index contributed by atoms with van der Waals surface area (Å²) in [5, 5.41) is 6.51. The maximum Gasteiger partial charge on any atom is 0.239 e. The maximum absolute atomic E-state index is 13.6. The number of allylic oxidation sites excluding steroid dienone is 1.